The van der Waals surface area contributed by atoms with Crippen molar-refractivity contribution in [3.63, 3.8) is 0 Å². The molecule has 1 aromatic heterocycles. The largest absolute Gasteiger partial charge is 0.509 e. The van der Waals surface area contributed by atoms with Gasteiger partial charge >= 0.3 is 6.16 Å². The normalized spacial score (nSPS) is 24.7. The predicted molar refractivity (Wildman–Crippen MR) is 75.2 cm³/mol. The zero-order valence-corrected chi connectivity index (χ0v) is 12.6. The van der Waals surface area contributed by atoms with Gasteiger partial charge in [0.1, 0.15) is 12.2 Å². The minimum absolute atomic E-state index is 0.118. The molecule has 0 saturated carbocycles. The van der Waals surface area contributed by atoms with Crippen LogP contribution in [0.2, 0.25) is 0 Å². The van der Waals surface area contributed by atoms with Gasteiger partial charge in [-0.25, -0.2) is 4.79 Å². The van der Waals surface area contributed by atoms with Crippen molar-refractivity contribution in [2.24, 2.45) is 0 Å². The number of cyclic esters (lactones) is 2. The van der Waals surface area contributed by atoms with Gasteiger partial charge in [0.15, 0.2) is 12.2 Å². The Morgan fingerprint density at radius 2 is 1.87 bits per heavy atom. The SMILES string of the molecule is CCC(O)C(O)C(O)c1cnc(CC2OC(=O)OC2CO)cn1. The molecular formula is C14H20N2O7. The van der Waals surface area contributed by atoms with Gasteiger partial charge in [-0.3, -0.25) is 9.97 Å². The molecule has 0 aliphatic carbocycles. The first-order valence-corrected chi connectivity index (χ1v) is 7.29. The first-order valence-electron chi connectivity index (χ1n) is 7.29. The third-order valence-corrected chi connectivity index (χ3v) is 3.66. The molecule has 23 heavy (non-hydrogen) atoms. The van der Waals surface area contributed by atoms with Gasteiger partial charge in [0.2, 0.25) is 0 Å². The molecule has 2 heterocycles. The number of nitrogens with zero attached hydrogens (tertiary/aromatic N) is 2. The van der Waals surface area contributed by atoms with Crippen LogP contribution in [0.15, 0.2) is 12.4 Å². The summed E-state index contributed by atoms with van der Waals surface area (Å²) < 4.78 is 9.69. The van der Waals surface area contributed by atoms with Crippen molar-refractivity contribution in [1.29, 1.82) is 0 Å². The Bertz CT molecular complexity index is 524. The molecule has 1 aromatic rings. The van der Waals surface area contributed by atoms with E-state index < -0.39 is 36.7 Å². The molecule has 2 rings (SSSR count). The number of rotatable bonds is 7. The van der Waals surface area contributed by atoms with Crippen LogP contribution in [0.25, 0.3) is 0 Å². The van der Waals surface area contributed by atoms with Gasteiger partial charge in [-0.15, -0.1) is 0 Å². The fourth-order valence-corrected chi connectivity index (χ4v) is 2.21. The minimum atomic E-state index is -1.36. The topological polar surface area (TPSA) is 142 Å². The van der Waals surface area contributed by atoms with E-state index in [1.165, 1.54) is 12.4 Å². The Morgan fingerprint density at radius 1 is 1.17 bits per heavy atom. The van der Waals surface area contributed by atoms with Crippen molar-refractivity contribution in [1.82, 2.24) is 9.97 Å². The molecular weight excluding hydrogens is 308 g/mol. The lowest BCUT2D eigenvalue weighted by Gasteiger charge is -2.21. The number of hydrogen-bond acceptors (Lipinski definition) is 9. The van der Waals surface area contributed by atoms with Crippen molar-refractivity contribution in [3.05, 3.63) is 23.8 Å². The van der Waals surface area contributed by atoms with Crippen LogP contribution in [0.4, 0.5) is 4.79 Å². The van der Waals surface area contributed by atoms with E-state index in [9.17, 15) is 20.1 Å². The standard InChI is InChI=1S/C14H20N2O7/c1-2-9(18)13(20)12(19)8-5-15-7(4-16-8)3-10-11(6-17)23-14(21)22-10/h4-5,9-13,17-20H,2-3,6H2,1H3. The summed E-state index contributed by atoms with van der Waals surface area (Å²) in [5.74, 6) is 0. The molecule has 1 aliphatic rings. The predicted octanol–water partition coefficient (Wildman–Crippen LogP) is -0.919. The maximum Gasteiger partial charge on any atom is 0.509 e. The van der Waals surface area contributed by atoms with E-state index >= 15 is 0 Å². The number of ether oxygens (including phenoxy) is 2. The van der Waals surface area contributed by atoms with Gasteiger partial charge in [-0.05, 0) is 6.42 Å². The Morgan fingerprint density at radius 3 is 2.43 bits per heavy atom. The average molecular weight is 328 g/mol. The van der Waals surface area contributed by atoms with Crippen LogP contribution in [0.1, 0.15) is 30.8 Å². The van der Waals surface area contributed by atoms with Crippen molar-refractivity contribution >= 4 is 6.16 Å². The minimum Gasteiger partial charge on any atom is -0.426 e. The zero-order chi connectivity index (χ0) is 17.0. The lowest BCUT2D eigenvalue weighted by molar-refractivity contribution is -0.0630. The van der Waals surface area contributed by atoms with E-state index in [0.29, 0.717) is 12.1 Å². The molecule has 9 heteroatoms. The molecule has 0 radical (unpaired) electrons. The quantitative estimate of drug-likeness (QED) is 0.467. The highest BCUT2D eigenvalue weighted by atomic mass is 16.8. The highest BCUT2D eigenvalue weighted by molar-refractivity contribution is 5.62. The Balaban J connectivity index is 2.00. The highest BCUT2D eigenvalue weighted by Gasteiger charge is 2.36. The molecule has 1 aliphatic heterocycles. The lowest BCUT2D eigenvalue weighted by Crippen LogP contribution is -2.32. The second kappa shape index (κ2) is 7.64. The number of aliphatic hydroxyl groups excluding tert-OH is 4. The summed E-state index contributed by atoms with van der Waals surface area (Å²) in [4.78, 5) is 19.1. The number of aliphatic hydroxyl groups is 4. The van der Waals surface area contributed by atoms with E-state index in [4.69, 9.17) is 14.6 Å². The monoisotopic (exact) mass is 328 g/mol. The molecule has 0 bridgehead atoms. The fourth-order valence-electron chi connectivity index (χ4n) is 2.21. The number of hydrogen-bond donors (Lipinski definition) is 4. The maximum atomic E-state index is 11.0. The second-order valence-corrected chi connectivity index (χ2v) is 5.29. The first kappa shape index (κ1) is 17.5. The van der Waals surface area contributed by atoms with Crippen LogP contribution in [-0.2, 0) is 15.9 Å². The molecule has 128 valence electrons. The third-order valence-electron chi connectivity index (χ3n) is 3.66. The molecule has 0 amide bonds. The average Bonchev–Trinajstić information content (AvgIpc) is 2.92. The fraction of sp³-hybridized carbons (Fsp3) is 0.643. The van der Waals surface area contributed by atoms with Crippen LogP contribution in [-0.4, -0.2) is 67.6 Å². The van der Waals surface area contributed by atoms with Crippen LogP contribution in [0.3, 0.4) is 0 Å². The third kappa shape index (κ3) is 4.14. The molecule has 5 unspecified atom stereocenters. The number of aromatic nitrogens is 2. The summed E-state index contributed by atoms with van der Waals surface area (Å²) in [5.41, 5.74) is 0.584. The van der Waals surface area contributed by atoms with Gasteiger partial charge in [0, 0.05) is 12.6 Å². The van der Waals surface area contributed by atoms with E-state index in [0.717, 1.165) is 0 Å². The number of carbonyl (C=O) groups excluding carboxylic acids is 1. The number of carbonyl (C=O) groups is 1. The van der Waals surface area contributed by atoms with E-state index in [1.807, 2.05) is 0 Å². The van der Waals surface area contributed by atoms with Crippen molar-refractivity contribution < 1.29 is 34.7 Å². The van der Waals surface area contributed by atoms with Crippen molar-refractivity contribution in [2.75, 3.05) is 6.61 Å². The van der Waals surface area contributed by atoms with Crippen LogP contribution in [0, 0.1) is 0 Å². The van der Waals surface area contributed by atoms with Gasteiger partial charge in [-0.1, -0.05) is 6.92 Å². The molecule has 9 nitrogen and oxygen atoms in total. The second-order valence-electron chi connectivity index (χ2n) is 5.29. The molecule has 4 N–H and O–H groups in total. The summed E-state index contributed by atoms with van der Waals surface area (Å²) in [6.45, 7) is 1.32. The smallest absolute Gasteiger partial charge is 0.426 e. The molecule has 0 spiro atoms. The molecule has 0 aromatic carbocycles. The Kier molecular flexibility index (Phi) is 5.83. The Labute approximate surface area is 132 Å². The van der Waals surface area contributed by atoms with E-state index in [2.05, 4.69) is 9.97 Å². The van der Waals surface area contributed by atoms with E-state index in [-0.39, 0.29) is 18.7 Å². The van der Waals surface area contributed by atoms with Crippen LogP contribution < -0.4 is 0 Å². The molecule has 5 atom stereocenters. The summed E-state index contributed by atoms with van der Waals surface area (Å²) in [6, 6.07) is 0. The molecule has 1 fully saturated rings. The zero-order valence-electron chi connectivity index (χ0n) is 12.6. The first-order chi connectivity index (χ1) is 11.0. The van der Waals surface area contributed by atoms with Crippen molar-refractivity contribution in [2.45, 2.75) is 50.3 Å². The van der Waals surface area contributed by atoms with E-state index in [1.54, 1.807) is 6.92 Å². The van der Waals surface area contributed by atoms with Gasteiger partial charge < -0.3 is 29.9 Å². The summed E-state index contributed by atoms with van der Waals surface area (Å²) in [7, 11) is 0. The van der Waals surface area contributed by atoms with Crippen molar-refractivity contribution in [3.8, 4) is 0 Å². The van der Waals surface area contributed by atoms with Gasteiger partial charge in [-0.2, -0.15) is 0 Å². The summed E-state index contributed by atoms with van der Waals surface area (Å²) in [5, 5.41) is 38.4. The maximum absolute atomic E-state index is 11.0. The van der Waals surface area contributed by atoms with Gasteiger partial charge in [0.05, 0.1) is 30.3 Å². The van der Waals surface area contributed by atoms with Crippen LogP contribution in [0.5, 0.6) is 0 Å². The lowest BCUT2D eigenvalue weighted by atomic mass is 10.0. The summed E-state index contributed by atoms with van der Waals surface area (Å²) >= 11 is 0. The molecule has 1 saturated heterocycles. The summed E-state index contributed by atoms with van der Waals surface area (Å²) in [6.07, 6.45) is -2.91. The van der Waals surface area contributed by atoms with Crippen LogP contribution >= 0.6 is 0 Å². The highest BCUT2D eigenvalue weighted by Crippen LogP contribution is 2.20. The Hall–Kier alpha value is -1.81. The van der Waals surface area contributed by atoms with Gasteiger partial charge in [0.25, 0.3) is 0 Å².